The number of rotatable bonds is 6. The number of nitrogens with zero attached hydrogens (tertiary/aromatic N) is 1. The summed E-state index contributed by atoms with van der Waals surface area (Å²) in [5.74, 6) is 0.101. The third-order valence-corrected chi connectivity index (χ3v) is 3.91. The lowest BCUT2D eigenvalue weighted by Crippen LogP contribution is -2.38. The highest BCUT2D eigenvalue weighted by atomic mass is 16.2. The lowest BCUT2D eigenvalue weighted by atomic mass is 10.2. The zero-order chi connectivity index (χ0) is 18.4. The number of hydrogen-bond donors (Lipinski definition) is 3. The number of H-pyrrole nitrogens is 1. The Labute approximate surface area is 151 Å². The Morgan fingerprint density at radius 2 is 1.69 bits per heavy atom. The molecule has 0 bridgehead atoms. The van der Waals surface area contributed by atoms with E-state index in [9.17, 15) is 9.59 Å². The van der Waals surface area contributed by atoms with Crippen molar-refractivity contribution in [1.29, 1.82) is 0 Å². The van der Waals surface area contributed by atoms with E-state index in [1.54, 1.807) is 30.5 Å². The van der Waals surface area contributed by atoms with Crippen LogP contribution in [0.4, 0.5) is 0 Å². The molecule has 3 aromatic rings. The van der Waals surface area contributed by atoms with Crippen LogP contribution in [-0.4, -0.2) is 28.3 Å². The normalized spacial score (nSPS) is 11.6. The molecule has 0 aliphatic heterocycles. The number of aromatic nitrogens is 2. The summed E-state index contributed by atoms with van der Waals surface area (Å²) in [6.07, 6.45) is 1.74. The van der Waals surface area contributed by atoms with Crippen molar-refractivity contribution in [2.75, 3.05) is 6.54 Å². The molecule has 0 saturated carbocycles. The van der Waals surface area contributed by atoms with Crippen LogP contribution in [0.2, 0.25) is 0 Å². The van der Waals surface area contributed by atoms with Gasteiger partial charge in [-0.05, 0) is 24.6 Å². The van der Waals surface area contributed by atoms with Crippen molar-refractivity contribution in [3.8, 4) is 11.3 Å². The molecule has 0 unspecified atom stereocenters. The van der Waals surface area contributed by atoms with Crippen molar-refractivity contribution in [2.24, 2.45) is 0 Å². The number of aromatic amines is 1. The molecule has 3 rings (SSSR count). The molecular weight excluding hydrogens is 328 g/mol. The van der Waals surface area contributed by atoms with E-state index in [1.165, 1.54) is 0 Å². The first-order valence-corrected chi connectivity index (χ1v) is 8.36. The lowest BCUT2D eigenvalue weighted by Gasteiger charge is -2.12. The standard InChI is InChI=1S/C20H20N4O2/c1-14(19-21-12-17(24-19)15-8-4-2-5-9-15)23-18(25)13-22-20(26)16-10-6-3-7-11-16/h2-12,14H,13H2,1H3,(H,21,24)(H,22,26)(H,23,25)/t14-/m0/s1. The van der Waals surface area contributed by atoms with Crippen molar-refractivity contribution in [3.05, 3.63) is 78.2 Å². The third-order valence-electron chi connectivity index (χ3n) is 3.91. The average molecular weight is 348 g/mol. The zero-order valence-corrected chi connectivity index (χ0v) is 14.4. The molecule has 0 radical (unpaired) electrons. The lowest BCUT2D eigenvalue weighted by molar-refractivity contribution is -0.120. The molecule has 26 heavy (non-hydrogen) atoms. The van der Waals surface area contributed by atoms with E-state index in [2.05, 4.69) is 20.6 Å². The van der Waals surface area contributed by atoms with Gasteiger partial charge in [-0.2, -0.15) is 0 Å². The SMILES string of the molecule is C[C@H](NC(=O)CNC(=O)c1ccccc1)c1ncc(-c2ccccc2)[nH]1. The molecule has 1 aromatic heterocycles. The molecule has 0 spiro atoms. The van der Waals surface area contributed by atoms with Crippen LogP contribution >= 0.6 is 0 Å². The van der Waals surface area contributed by atoms with Crippen LogP contribution in [0.3, 0.4) is 0 Å². The fourth-order valence-electron chi connectivity index (χ4n) is 2.53. The summed E-state index contributed by atoms with van der Waals surface area (Å²) in [5, 5.41) is 5.43. The third kappa shape index (κ3) is 4.36. The molecule has 1 atom stereocenters. The first kappa shape index (κ1) is 17.4. The molecule has 2 aromatic carbocycles. The number of carbonyl (C=O) groups excluding carboxylic acids is 2. The van der Waals surface area contributed by atoms with Gasteiger partial charge in [0.25, 0.3) is 5.91 Å². The highest BCUT2D eigenvalue weighted by molar-refractivity contribution is 5.96. The van der Waals surface area contributed by atoms with Gasteiger partial charge in [0.1, 0.15) is 5.82 Å². The predicted molar refractivity (Wildman–Crippen MR) is 99.4 cm³/mol. The van der Waals surface area contributed by atoms with E-state index in [4.69, 9.17) is 0 Å². The number of carbonyl (C=O) groups is 2. The predicted octanol–water partition coefficient (Wildman–Crippen LogP) is 2.68. The maximum Gasteiger partial charge on any atom is 0.251 e. The van der Waals surface area contributed by atoms with E-state index < -0.39 is 0 Å². The zero-order valence-electron chi connectivity index (χ0n) is 14.4. The smallest absolute Gasteiger partial charge is 0.251 e. The van der Waals surface area contributed by atoms with Gasteiger partial charge in [0.05, 0.1) is 24.5 Å². The highest BCUT2D eigenvalue weighted by Crippen LogP contribution is 2.18. The van der Waals surface area contributed by atoms with Crippen LogP contribution < -0.4 is 10.6 Å². The maximum atomic E-state index is 12.1. The molecule has 0 aliphatic rings. The molecule has 0 fully saturated rings. The summed E-state index contributed by atoms with van der Waals surface area (Å²) >= 11 is 0. The fourth-order valence-corrected chi connectivity index (χ4v) is 2.53. The van der Waals surface area contributed by atoms with Gasteiger partial charge in [0, 0.05) is 5.56 Å². The number of imidazole rings is 1. The molecule has 6 heteroatoms. The number of amides is 2. The van der Waals surface area contributed by atoms with Gasteiger partial charge in [0.15, 0.2) is 0 Å². The van der Waals surface area contributed by atoms with E-state index in [0.29, 0.717) is 11.4 Å². The van der Waals surface area contributed by atoms with E-state index in [0.717, 1.165) is 11.3 Å². The largest absolute Gasteiger partial charge is 0.345 e. The summed E-state index contributed by atoms with van der Waals surface area (Å²) in [7, 11) is 0. The minimum atomic E-state index is -0.298. The topological polar surface area (TPSA) is 86.9 Å². The van der Waals surface area contributed by atoms with Gasteiger partial charge in [-0.25, -0.2) is 4.98 Å². The molecular formula is C20H20N4O2. The van der Waals surface area contributed by atoms with Crippen molar-refractivity contribution < 1.29 is 9.59 Å². The summed E-state index contributed by atoms with van der Waals surface area (Å²) in [6.45, 7) is 1.74. The first-order valence-electron chi connectivity index (χ1n) is 8.36. The van der Waals surface area contributed by atoms with Crippen molar-refractivity contribution >= 4 is 11.8 Å². The van der Waals surface area contributed by atoms with E-state index in [1.807, 2.05) is 43.3 Å². The molecule has 1 heterocycles. The monoisotopic (exact) mass is 348 g/mol. The molecule has 2 amide bonds. The molecule has 6 nitrogen and oxygen atoms in total. The minimum Gasteiger partial charge on any atom is -0.345 e. The highest BCUT2D eigenvalue weighted by Gasteiger charge is 2.14. The quantitative estimate of drug-likeness (QED) is 0.640. The number of benzene rings is 2. The van der Waals surface area contributed by atoms with Gasteiger partial charge in [-0.3, -0.25) is 9.59 Å². The van der Waals surface area contributed by atoms with Crippen LogP contribution in [0.15, 0.2) is 66.9 Å². The maximum absolute atomic E-state index is 12.1. The van der Waals surface area contributed by atoms with Crippen LogP contribution in [0.5, 0.6) is 0 Å². The van der Waals surface area contributed by atoms with Crippen molar-refractivity contribution in [1.82, 2.24) is 20.6 Å². The van der Waals surface area contributed by atoms with Gasteiger partial charge in [0.2, 0.25) is 5.91 Å². The van der Waals surface area contributed by atoms with Crippen LogP contribution in [0.25, 0.3) is 11.3 Å². The van der Waals surface area contributed by atoms with Gasteiger partial charge < -0.3 is 15.6 Å². The van der Waals surface area contributed by atoms with Crippen LogP contribution in [-0.2, 0) is 4.79 Å². The summed E-state index contributed by atoms with van der Waals surface area (Å²) < 4.78 is 0. The molecule has 132 valence electrons. The summed E-state index contributed by atoms with van der Waals surface area (Å²) in [6, 6.07) is 18.3. The Morgan fingerprint density at radius 1 is 1.04 bits per heavy atom. The second kappa shape index (κ2) is 8.11. The number of nitrogens with one attached hydrogen (secondary N) is 3. The Kier molecular flexibility index (Phi) is 5.43. The average Bonchev–Trinajstić information content (AvgIpc) is 3.18. The second-order valence-electron chi connectivity index (χ2n) is 5.89. The number of hydrogen-bond acceptors (Lipinski definition) is 3. The Balaban J connectivity index is 1.53. The summed E-state index contributed by atoms with van der Waals surface area (Å²) in [5.41, 5.74) is 2.44. The van der Waals surface area contributed by atoms with Crippen LogP contribution in [0, 0.1) is 0 Å². The summed E-state index contributed by atoms with van der Waals surface area (Å²) in [4.78, 5) is 31.6. The Morgan fingerprint density at radius 3 is 2.38 bits per heavy atom. The van der Waals surface area contributed by atoms with E-state index in [-0.39, 0.29) is 24.4 Å². The molecule has 0 aliphatic carbocycles. The van der Waals surface area contributed by atoms with Gasteiger partial charge in [-0.1, -0.05) is 48.5 Å². The molecule has 0 saturated heterocycles. The first-order chi connectivity index (χ1) is 12.6. The Bertz CT molecular complexity index is 875. The fraction of sp³-hybridized carbons (Fsp3) is 0.150. The van der Waals surface area contributed by atoms with Crippen LogP contribution in [0.1, 0.15) is 29.1 Å². The van der Waals surface area contributed by atoms with Crippen molar-refractivity contribution in [2.45, 2.75) is 13.0 Å². The molecule has 3 N–H and O–H groups in total. The second-order valence-corrected chi connectivity index (χ2v) is 5.89. The van der Waals surface area contributed by atoms with Gasteiger partial charge >= 0.3 is 0 Å². The minimum absolute atomic E-state index is 0.0929. The van der Waals surface area contributed by atoms with E-state index >= 15 is 0 Å². The van der Waals surface area contributed by atoms with Gasteiger partial charge in [-0.15, -0.1) is 0 Å². The Hall–Kier alpha value is -3.41. The van der Waals surface area contributed by atoms with Crippen molar-refractivity contribution in [3.63, 3.8) is 0 Å².